The molecule has 1 heterocycles. The van der Waals surface area contributed by atoms with E-state index in [0.29, 0.717) is 5.75 Å². The van der Waals surface area contributed by atoms with Crippen molar-refractivity contribution < 1.29 is 24.2 Å². The number of aliphatic carboxylic acids is 1. The number of carbonyl (C=O) groups is 2. The summed E-state index contributed by atoms with van der Waals surface area (Å²) in [6, 6.07) is 4.54. The van der Waals surface area contributed by atoms with Crippen molar-refractivity contribution in [3.05, 3.63) is 29.3 Å². The summed E-state index contributed by atoms with van der Waals surface area (Å²) in [5, 5.41) is 9.41. The Morgan fingerprint density at radius 1 is 1.27 bits per heavy atom. The summed E-state index contributed by atoms with van der Waals surface area (Å²) >= 11 is 0. The van der Waals surface area contributed by atoms with Crippen LogP contribution in [0.4, 0.5) is 4.79 Å². The van der Waals surface area contributed by atoms with Crippen molar-refractivity contribution in [1.82, 2.24) is 4.90 Å². The van der Waals surface area contributed by atoms with Gasteiger partial charge in [0, 0.05) is 6.42 Å². The molecule has 1 aromatic carbocycles. The highest BCUT2D eigenvalue weighted by Crippen LogP contribution is 2.28. The van der Waals surface area contributed by atoms with Gasteiger partial charge in [0.25, 0.3) is 0 Å². The van der Waals surface area contributed by atoms with Crippen molar-refractivity contribution in [2.24, 2.45) is 0 Å². The third-order valence-electron chi connectivity index (χ3n) is 3.46. The summed E-state index contributed by atoms with van der Waals surface area (Å²) < 4.78 is 10.5. The Bertz CT molecular complexity index is 591. The fourth-order valence-corrected chi connectivity index (χ4v) is 2.42. The molecular formula is C16H21NO5. The van der Waals surface area contributed by atoms with Crippen LogP contribution in [-0.4, -0.2) is 40.8 Å². The first-order chi connectivity index (χ1) is 10.2. The zero-order valence-electron chi connectivity index (χ0n) is 13.3. The third-order valence-corrected chi connectivity index (χ3v) is 3.46. The summed E-state index contributed by atoms with van der Waals surface area (Å²) in [6.45, 7) is 5.45. The second-order valence-corrected chi connectivity index (χ2v) is 6.30. The van der Waals surface area contributed by atoms with E-state index in [2.05, 4.69) is 0 Å². The molecule has 1 N–H and O–H groups in total. The van der Waals surface area contributed by atoms with Crippen molar-refractivity contribution in [2.45, 2.75) is 45.4 Å². The van der Waals surface area contributed by atoms with E-state index < -0.39 is 23.7 Å². The Morgan fingerprint density at radius 3 is 2.50 bits per heavy atom. The van der Waals surface area contributed by atoms with E-state index in [1.807, 2.05) is 12.1 Å². The molecule has 1 amide bonds. The van der Waals surface area contributed by atoms with Gasteiger partial charge in [-0.2, -0.15) is 0 Å². The van der Waals surface area contributed by atoms with Gasteiger partial charge in [-0.1, -0.05) is 6.07 Å². The molecule has 1 aliphatic rings. The first kappa shape index (κ1) is 16.1. The summed E-state index contributed by atoms with van der Waals surface area (Å²) in [6.07, 6.45) is -0.359. The van der Waals surface area contributed by atoms with E-state index >= 15 is 0 Å². The SMILES string of the molecule is COc1ccc2c(c1)CN(C(=O)OC(C)(C)C)[C@H](C(=O)O)C2. The second-order valence-electron chi connectivity index (χ2n) is 6.30. The molecule has 120 valence electrons. The summed E-state index contributed by atoms with van der Waals surface area (Å²) in [7, 11) is 1.57. The highest BCUT2D eigenvalue weighted by Gasteiger charge is 2.37. The van der Waals surface area contributed by atoms with Crippen LogP contribution in [-0.2, 0) is 22.5 Å². The highest BCUT2D eigenvalue weighted by molar-refractivity contribution is 5.81. The number of rotatable bonds is 2. The monoisotopic (exact) mass is 307 g/mol. The molecule has 22 heavy (non-hydrogen) atoms. The number of ether oxygens (including phenoxy) is 2. The Balaban J connectivity index is 2.31. The first-order valence-corrected chi connectivity index (χ1v) is 7.09. The summed E-state index contributed by atoms with van der Waals surface area (Å²) in [5.41, 5.74) is 1.12. The van der Waals surface area contributed by atoms with Crippen LogP contribution in [0.3, 0.4) is 0 Å². The van der Waals surface area contributed by atoms with Crippen molar-refractivity contribution in [3.8, 4) is 5.75 Å². The first-order valence-electron chi connectivity index (χ1n) is 7.09. The van der Waals surface area contributed by atoms with Crippen LogP contribution in [0, 0.1) is 0 Å². The molecule has 0 saturated heterocycles. The van der Waals surface area contributed by atoms with Crippen LogP contribution in [0.5, 0.6) is 5.75 Å². The molecular weight excluding hydrogens is 286 g/mol. The van der Waals surface area contributed by atoms with Crippen LogP contribution in [0.2, 0.25) is 0 Å². The molecule has 6 nitrogen and oxygen atoms in total. The van der Waals surface area contributed by atoms with Crippen molar-refractivity contribution >= 4 is 12.1 Å². The van der Waals surface area contributed by atoms with Crippen LogP contribution < -0.4 is 4.74 Å². The smallest absolute Gasteiger partial charge is 0.411 e. The second kappa shape index (κ2) is 5.87. The Kier molecular flexibility index (Phi) is 4.30. The van der Waals surface area contributed by atoms with Gasteiger partial charge in [0.2, 0.25) is 0 Å². The van der Waals surface area contributed by atoms with Gasteiger partial charge >= 0.3 is 12.1 Å². The molecule has 0 spiro atoms. The van der Waals surface area contributed by atoms with Crippen molar-refractivity contribution in [2.75, 3.05) is 7.11 Å². The quantitative estimate of drug-likeness (QED) is 0.908. The Morgan fingerprint density at radius 2 is 1.95 bits per heavy atom. The Labute approximate surface area is 129 Å². The largest absolute Gasteiger partial charge is 0.497 e. The summed E-state index contributed by atoms with van der Waals surface area (Å²) in [4.78, 5) is 25.1. The van der Waals surface area contributed by atoms with Gasteiger partial charge < -0.3 is 14.6 Å². The lowest BCUT2D eigenvalue weighted by Gasteiger charge is -2.35. The van der Waals surface area contributed by atoms with E-state index in [9.17, 15) is 14.7 Å². The predicted octanol–water partition coefficient (Wildman–Crippen LogP) is 2.44. The molecule has 1 aliphatic heterocycles. The number of carboxylic acid groups (broad SMARTS) is 1. The summed E-state index contributed by atoms with van der Waals surface area (Å²) in [5.74, 6) is -0.357. The topological polar surface area (TPSA) is 76.1 Å². The standard InChI is InChI=1S/C16H21NO5/c1-16(2,3)22-15(20)17-9-11-7-12(21-4)6-5-10(11)8-13(17)14(18)19/h5-7,13H,8-9H2,1-4H3,(H,18,19)/t13-/m0/s1. The molecule has 1 aromatic rings. The lowest BCUT2D eigenvalue weighted by Crippen LogP contribution is -2.50. The number of carbonyl (C=O) groups excluding carboxylic acids is 1. The van der Waals surface area contributed by atoms with Gasteiger partial charge in [0.15, 0.2) is 0 Å². The molecule has 0 unspecified atom stereocenters. The molecule has 0 aromatic heterocycles. The van der Waals surface area contributed by atoms with E-state index in [1.54, 1.807) is 33.9 Å². The number of hydrogen-bond acceptors (Lipinski definition) is 4. The number of benzene rings is 1. The average Bonchev–Trinajstić information content (AvgIpc) is 2.43. The lowest BCUT2D eigenvalue weighted by molar-refractivity contribution is -0.143. The third kappa shape index (κ3) is 3.50. The number of amides is 1. The van der Waals surface area contributed by atoms with E-state index in [4.69, 9.17) is 9.47 Å². The van der Waals surface area contributed by atoms with Gasteiger partial charge in [-0.05, 0) is 44.0 Å². The van der Waals surface area contributed by atoms with Gasteiger partial charge in [-0.15, -0.1) is 0 Å². The van der Waals surface area contributed by atoms with Gasteiger partial charge in [-0.25, -0.2) is 9.59 Å². The number of nitrogens with zero attached hydrogens (tertiary/aromatic N) is 1. The molecule has 0 radical (unpaired) electrons. The molecule has 0 bridgehead atoms. The maximum atomic E-state index is 12.3. The van der Waals surface area contributed by atoms with Crippen LogP contribution >= 0.6 is 0 Å². The van der Waals surface area contributed by atoms with Gasteiger partial charge in [0.1, 0.15) is 17.4 Å². The fourth-order valence-electron chi connectivity index (χ4n) is 2.42. The molecule has 0 aliphatic carbocycles. The van der Waals surface area contributed by atoms with Gasteiger partial charge in [-0.3, -0.25) is 4.90 Å². The van der Waals surface area contributed by atoms with Crippen molar-refractivity contribution in [3.63, 3.8) is 0 Å². The number of methoxy groups -OCH3 is 1. The van der Waals surface area contributed by atoms with E-state index in [-0.39, 0.29) is 13.0 Å². The van der Waals surface area contributed by atoms with Crippen LogP contribution in [0.15, 0.2) is 18.2 Å². The maximum Gasteiger partial charge on any atom is 0.411 e. The molecule has 0 saturated carbocycles. The number of hydrogen-bond donors (Lipinski definition) is 1. The van der Waals surface area contributed by atoms with Crippen LogP contribution in [0.25, 0.3) is 0 Å². The van der Waals surface area contributed by atoms with Crippen LogP contribution in [0.1, 0.15) is 31.9 Å². The zero-order chi connectivity index (χ0) is 16.5. The molecule has 1 atom stereocenters. The van der Waals surface area contributed by atoms with E-state index in [0.717, 1.165) is 11.1 Å². The molecule has 6 heteroatoms. The Hall–Kier alpha value is -2.24. The predicted molar refractivity (Wildman–Crippen MR) is 79.9 cm³/mol. The average molecular weight is 307 g/mol. The maximum absolute atomic E-state index is 12.3. The number of carboxylic acids is 1. The van der Waals surface area contributed by atoms with Crippen molar-refractivity contribution in [1.29, 1.82) is 0 Å². The highest BCUT2D eigenvalue weighted by atomic mass is 16.6. The molecule has 2 rings (SSSR count). The minimum Gasteiger partial charge on any atom is -0.497 e. The minimum atomic E-state index is -1.03. The lowest BCUT2D eigenvalue weighted by atomic mass is 9.94. The normalized spacial score (nSPS) is 17.6. The van der Waals surface area contributed by atoms with Gasteiger partial charge in [0.05, 0.1) is 13.7 Å². The number of fused-ring (bicyclic) bond motifs is 1. The minimum absolute atomic E-state index is 0.193. The van der Waals surface area contributed by atoms with E-state index in [1.165, 1.54) is 4.90 Å². The zero-order valence-corrected chi connectivity index (χ0v) is 13.3. The molecule has 0 fully saturated rings. The fraction of sp³-hybridized carbons (Fsp3) is 0.500.